The molecule has 3 rings (SSSR count). The lowest BCUT2D eigenvalue weighted by Crippen LogP contribution is -1.88. The topological polar surface area (TPSA) is 22.1 Å². The van der Waals surface area contributed by atoms with Crippen molar-refractivity contribution in [3.8, 4) is 5.88 Å². The van der Waals surface area contributed by atoms with Crippen LogP contribution >= 0.6 is 0 Å². The first kappa shape index (κ1) is 6.89. The fourth-order valence-electron chi connectivity index (χ4n) is 1.70. The van der Waals surface area contributed by atoms with E-state index < -0.39 is 0 Å². The van der Waals surface area contributed by atoms with Crippen molar-refractivity contribution in [1.29, 1.82) is 0 Å². The minimum Gasteiger partial charge on any atom is -0.477 e. The number of pyridine rings is 1. The Morgan fingerprint density at radius 2 is 2.15 bits per heavy atom. The molecule has 1 aliphatic heterocycles. The van der Waals surface area contributed by atoms with Crippen molar-refractivity contribution in [3.05, 3.63) is 35.9 Å². The highest BCUT2D eigenvalue weighted by Gasteiger charge is 2.13. The molecular weight excluding hydrogens is 162 g/mol. The van der Waals surface area contributed by atoms with Crippen LogP contribution in [0.25, 0.3) is 10.9 Å². The normalized spacial score (nSPS) is 14.2. The van der Waals surface area contributed by atoms with E-state index >= 15 is 0 Å². The summed E-state index contributed by atoms with van der Waals surface area (Å²) in [5, 5.41) is 1.20. The van der Waals surface area contributed by atoms with Crippen LogP contribution in [-0.2, 0) is 6.42 Å². The Morgan fingerprint density at radius 3 is 3.15 bits per heavy atom. The quantitative estimate of drug-likeness (QED) is 0.606. The van der Waals surface area contributed by atoms with Gasteiger partial charge in [0.25, 0.3) is 0 Å². The molecule has 1 aromatic carbocycles. The predicted octanol–water partition coefficient (Wildman–Crippen LogP) is 2.17. The number of rotatable bonds is 0. The van der Waals surface area contributed by atoms with Gasteiger partial charge >= 0.3 is 0 Å². The molecule has 1 aromatic heterocycles. The molecule has 0 saturated carbocycles. The van der Waals surface area contributed by atoms with Gasteiger partial charge in [-0.15, -0.1) is 0 Å². The Balaban J connectivity index is 2.36. The number of aromatic nitrogens is 1. The number of nitrogens with zero attached hydrogens (tertiary/aromatic N) is 1. The Hall–Kier alpha value is -1.57. The molecule has 0 N–H and O–H groups in total. The number of para-hydroxylation sites is 1. The van der Waals surface area contributed by atoms with Crippen LogP contribution in [0.1, 0.15) is 5.56 Å². The zero-order valence-corrected chi connectivity index (χ0v) is 7.16. The highest BCUT2D eigenvalue weighted by Crippen LogP contribution is 2.26. The van der Waals surface area contributed by atoms with Crippen molar-refractivity contribution in [1.82, 2.24) is 4.98 Å². The minimum atomic E-state index is 0.776. The van der Waals surface area contributed by atoms with Gasteiger partial charge in [-0.1, -0.05) is 18.2 Å². The Morgan fingerprint density at radius 1 is 1.23 bits per heavy atom. The second kappa shape index (κ2) is 2.46. The molecule has 64 valence electrons. The van der Waals surface area contributed by atoms with Gasteiger partial charge in [-0.3, -0.25) is 0 Å². The summed E-state index contributed by atoms with van der Waals surface area (Å²) in [4.78, 5) is 4.43. The van der Waals surface area contributed by atoms with E-state index in [2.05, 4.69) is 17.1 Å². The predicted molar refractivity (Wildman–Crippen MR) is 50.9 cm³/mol. The Labute approximate surface area is 76.2 Å². The van der Waals surface area contributed by atoms with E-state index in [1.807, 2.05) is 18.2 Å². The van der Waals surface area contributed by atoms with Gasteiger partial charge in [0.15, 0.2) is 0 Å². The summed E-state index contributed by atoms with van der Waals surface area (Å²) in [6.45, 7) is 0.776. The van der Waals surface area contributed by atoms with Crippen molar-refractivity contribution in [2.24, 2.45) is 0 Å². The fraction of sp³-hybridized carbons (Fsp3) is 0.182. The first-order valence-corrected chi connectivity index (χ1v) is 4.45. The second-order valence-corrected chi connectivity index (χ2v) is 3.24. The maximum Gasteiger partial charge on any atom is 0.217 e. The van der Waals surface area contributed by atoms with Gasteiger partial charge in [-0.2, -0.15) is 0 Å². The molecular formula is C11H9NO. The lowest BCUT2D eigenvalue weighted by molar-refractivity contribution is 0.346. The molecule has 0 radical (unpaired) electrons. The van der Waals surface area contributed by atoms with Crippen LogP contribution in [0.2, 0.25) is 0 Å². The molecule has 2 heteroatoms. The monoisotopic (exact) mass is 171 g/mol. The van der Waals surface area contributed by atoms with Crippen LogP contribution in [0.4, 0.5) is 0 Å². The van der Waals surface area contributed by atoms with Crippen LogP contribution in [0.3, 0.4) is 0 Å². The number of benzene rings is 1. The first-order valence-electron chi connectivity index (χ1n) is 4.45. The molecule has 0 unspecified atom stereocenters. The zero-order valence-electron chi connectivity index (χ0n) is 7.16. The van der Waals surface area contributed by atoms with E-state index in [1.54, 1.807) is 0 Å². The SMILES string of the molecule is c1ccc2nc3c(cc2c1)CCO3. The van der Waals surface area contributed by atoms with E-state index in [0.717, 1.165) is 24.4 Å². The summed E-state index contributed by atoms with van der Waals surface area (Å²) in [5.74, 6) is 0.818. The number of hydrogen-bond donors (Lipinski definition) is 0. The Bertz CT molecular complexity index is 422. The van der Waals surface area contributed by atoms with Gasteiger partial charge in [0.1, 0.15) is 0 Å². The van der Waals surface area contributed by atoms with Crippen molar-refractivity contribution >= 4 is 10.9 Å². The molecule has 0 fully saturated rings. The van der Waals surface area contributed by atoms with Crippen molar-refractivity contribution in [2.45, 2.75) is 6.42 Å². The van der Waals surface area contributed by atoms with Crippen LogP contribution in [0, 0.1) is 0 Å². The average molecular weight is 171 g/mol. The van der Waals surface area contributed by atoms with Crippen LogP contribution in [-0.4, -0.2) is 11.6 Å². The number of fused-ring (bicyclic) bond motifs is 2. The molecule has 0 atom stereocenters. The molecule has 0 amide bonds. The number of hydrogen-bond acceptors (Lipinski definition) is 2. The van der Waals surface area contributed by atoms with Gasteiger partial charge in [0, 0.05) is 17.4 Å². The summed E-state index contributed by atoms with van der Waals surface area (Å²) in [6.07, 6.45) is 0.993. The van der Waals surface area contributed by atoms with E-state index in [1.165, 1.54) is 10.9 Å². The first-order chi connectivity index (χ1) is 6.43. The van der Waals surface area contributed by atoms with E-state index in [0.29, 0.717) is 0 Å². The minimum absolute atomic E-state index is 0.776. The Kier molecular flexibility index (Phi) is 1.30. The van der Waals surface area contributed by atoms with E-state index in [-0.39, 0.29) is 0 Å². The lowest BCUT2D eigenvalue weighted by atomic mass is 10.1. The van der Waals surface area contributed by atoms with Gasteiger partial charge < -0.3 is 4.74 Å². The summed E-state index contributed by atoms with van der Waals surface area (Å²) in [5.41, 5.74) is 2.25. The molecule has 13 heavy (non-hydrogen) atoms. The molecule has 2 aromatic rings. The average Bonchev–Trinajstić information content (AvgIpc) is 2.61. The standard InChI is InChI=1S/C11H9NO/c1-2-4-10-8(3-1)7-9-5-6-13-11(9)12-10/h1-4,7H,5-6H2. The third kappa shape index (κ3) is 0.985. The molecule has 0 saturated heterocycles. The summed E-state index contributed by atoms with van der Waals surface area (Å²) >= 11 is 0. The van der Waals surface area contributed by atoms with Gasteiger partial charge in [0.2, 0.25) is 5.88 Å². The van der Waals surface area contributed by atoms with Crippen LogP contribution in [0.5, 0.6) is 5.88 Å². The third-order valence-corrected chi connectivity index (χ3v) is 2.37. The zero-order chi connectivity index (χ0) is 8.67. The molecule has 0 bridgehead atoms. The van der Waals surface area contributed by atoms with Gasteiger partial charge in [-0.25, -0.2) is 4.98 Å². The van der Waals surface area contributed by atoms with Crippen molar-refractivity contribution in [2.75, 3.05) is 6.61 Å². The summed E-state index contributed by atoms with van der Waals surface area (Å²) < 4.78 is 5.40. The van der Waals surface area contributed by atoms with E-state index in [4.69, 9.17) is 4.74 Å². The third-order valence-electron chi connectivity index (χ3n) is 2.37. The summed E-state index contributed by atoms with van der Waals surface area (Å²) in [6, 6.07) is 10.3. The molecule has 1 aliphatic rings. The smallest absolute Gasteiger partial charge is 0.217 e. The lowest BCUT2D eigenvalue weighted by Gasteiger charge is -2.00. The molecule has 0 aliphatic carbocycles. The van der Waals surface area contributed by atoms with Crippen molar-refractivity contribution < 1.29 is 4.74 Å². The van der Waals surface area contributed by atoms with Crippen molar-refractivity contribution in [3.63, 3.8) is 0 Å². The molecule has 2 nitrogen and oxygen atoms in total. The summed E-state index contributed by atoms with van der Waals surface area (Å²) in [7, 11) is 0. The van der Waals surface area contributed by atoms with Gasteiger partial charge in [-0.05, 0) is 12.1 Å². The fourth-order valence-corrected chi connectivity index (χ4v) is 1.70. The maximum atomic E-state index is 5.40. The largest absolute Gasteiger partial charge is 0.477 e. The molecule has 2 heterocycles. The van der Waals surface area contributed by atoms with Gasteiger partial charge in [0.05, 0.1) is 12.1 Å². The highest BCUT2D eigenvalue weighted by molar-refractivity contribution is 5.80. The maximum absolute atomic E-state index is 5.40. The molecule has 0 spiro atoms. The second-order valence-electron chi connectivity index (χ2n) is 3.24. The van der Waals surface area contributed by atoms with E-state index in [9.17, 15) is 0 Å². The van der Waals surface area contributed by atoms with Crippen LogP contribution in [0.15, 0.2) is 30.3 Å². The number of ether oxygens (including phenoxy) is 1. The highest BCUT2D eigenvalue weighted by atomic mass is 16.5. The van der Waals surface area contributed by atoms with Crippen LogP contribution < -0.4 is 4.74 Å².